The third-order valence-corrected chi connectivity index (χ3v) is 0.467. The van der Waals surface area contributed by atoms with Crippen molar-refractivity contribution in [2.75, 3.05) is 0 Å². The van der Waals surface area contributed by atoms with Crippen molar-refractivity contribution < 1.29 is 20.4 Å². The van der Waals surface area contributed by atoms with E-state index in [0.717, 1.165) is 0 Å². The first-order chi connectivity index (χ1) is 2.56. The van der Waals surface area contributed by atoms with Crippen molar-refractivity contribution in [2.45, 2.75) is 0 Å². The molecule has 6 heteroatoms. The zero-order valence-corrected chi connectivity index (χ0v) is 4.41. The van der Waals surface area contributed by atoms with Gasteiger partial charge >= 0.3 is 34.9 Å². The van der Waals surface area contributed by atoms with Gasteiger partial charge in [0.25, 0.3) is 0 Å². The molecule has 0 aromatic rings. The van der Waals surface area contributed by atoms with E-state index in [4.69, 9.17) is 11.9 Å². The molecule has 0 atom stereocenters. The zero-order chi connectivity index (χ0) is 5.21. The van der Waals surface area contributed by atoms with E-state index in [1.807, 2.05) is 0 Å². The second-order valence-electron chi connectivity index (χ2n) is 0.560. The molecule has 0 aromatic carbocycles. The van der Waals surface area contributed by atoms with Gasteiger partial charge in [-0.05, 0) is 0 Å². The van der Waals surface area contributed by atoms with Gasteiger partial charge in [-0.15, -0.1) is 0 Å². The molecule has 0 rings (SSSR count). The summed E-state index contributed by atoms with van der Waals surface area (Å²) in [6, 6.07) is 0. The quantitative estimate of drug-likeness (QED) is 0.469. The van der Waals surface area contributed by atoms with Crippen LogP contribution in [0.1, 0.15) is 0 Å². The van der Waals surface area contributed by atoms with Crippen molar-refractivity contribution in [3.05, 3.63) is 0 Å². The SMILES string of the molecule is O=[As](O)(O)OF. The van der Waals surface area contributed by atoms with Crippen LogP contribution in [0.5, 0.6) is 0 Å². The van der Waals surface area contributed by atoms with Gasteiger partial charge in [-0.3, -0.25) is 0 Å². The average molecular weight is 160 g/mol. The van der Waals surface area contributed by atoms with Crippen LogP contribution in [-0.4, -0.2) is 22.7 Å². The molecule has 0 fully saturated rings. The van der Waals surface area contributed by atoms with E-state index in [1.54, 1.807) is 0 Å². The van der Waals surface area contributed by atoms with E-state index >= 15 is 0 Å². The van der Waals surface area contributed by atoms with Gasteiger partial charge in [0, 0.05) is 0 Å². The van der Waals surface area contributed by atoms with E-state index in [2.05, 4.69) is 3.93 Å². The number of halogens is 1. The summed E-state index contributed by atoms with van der Waals surface area (Å²) in [5, 5.41) is 0. The molecule has 2 N–H and O–H groups in total. The van der Waals surface area contributed by atoms with Crippen LogP contribution in [0.3, 0.4) is 0 Å². The molecule has 0 spiro atoms. The van der Waals surface area contributed by atoms with E-state index < -0.39 is 14.5 Å². The van der Waals surface area contributed by atoms with Crippen LogP contribution >= 0.6 is 0 Å². The minimum absolute atomic E-state index is 2.16. The van der Waals surface area contributed by atoms with Crippen LogP contribution in [-0.2, 0) is 7.67 Å². The predicted molar refractivity (Wildman–Crippen MR) is 13.1 cm³/mol. The van der Waals surface area contributed by atoms with Gasteiger partial charge in [0.1, 0.15) is 0 Å². The summed E-state index contributed by atoms with van der Waals surface area (Å²) < 4.78 is 36.4. The molecule has 0 saturated carbocycles. The van der Waals surface area contributed by atoms with Gasteiger partial charge in [-0.25, -0.2) is 0 Å². The van der Waals surface area contributed by atoms with Crippen LogP contribution in [0.4, 0.5) is 4.53 Å². The Balaban J connectivity index is 3.48. The standard InChI is InChI=1S/AsFH2O4/c2-6-1(3,4)5/h(H2,3,4,5). The number of rotatable bonds is 1. The van der Waals surface area contributed by atoms with Crippen LogP contribution < -0.4 is 0 Å². The van der Waals surface area contributed by atoms with Gasteiger partial charge in [0.15, 0.2) is 0 Å². The second kappa shape index (κ2) is 1.75. The van der Waals surface area contributed by atoms with Crippen molar-refractivity contribution in [1.29, 1.82) is 0 Å². The summed E-state index contributed by atoms with van der Waals surface area (Å²) >= 11 is -5.33. The number of hydrogen-bond donors (Lipinski definition) is 2. The summed E-state index contributed by atoms with van der Waals surface area (Å²) in [6.07, 6.45) is 0. The Labute approximate surface area is 35.8 Å². The molecule has 0 unspecified atom stereocenters. The molecule has 38 valence electrons. The first-order valence-corrected chi connectivity index (χ1v) is 4.13. The average Bonchev–Trinajstić information content (AvgIpc) is 1.35. The molecule has 0 amide bonds. The molecule has 0 aliphatic rings. The topological polar surface area (TPSA) is 66.8 Å². The third-order valence-electron chi connectivity index (χ3n) is 0.0899. The Kier molecular flexibility index (Phi) is 1.80. The van der Waals surface area contributed by atoms with Crippen molar-refractivity contribution in [2.24, 2.45) is 0 Å². The summed E-state index contributed by atoms with van der Waals surface area (Å²) in [5.74, 6) is 0. The van der Waals surface area contributed by atoms with Crippen molar-refractivity contribution >= 4 is 14.5 Å². The van der Waals surface area contributed by atoms with Crippen LogP contribution in [0.2, 0.25) is 0 Å². The fourth-order valence-corrected chi connectivity index (χ4v) is 0. The Morgan fingerprint density at radius 1 is 1.67 bits per heavy atom. The van der Waals surface area contributed by atoms with Gasteiger partial charge in [0.2, 0.25) is 0 Å². The summed E-state index contributed by atoms with van der Waals surface area (Å²) in [7, 11) is 0. The van der Waals surface area contributed by atoms with E-state index in [-0.39, 0.29) is 0 Å². The fourth-order valence-electron chi connectivity index (χ4n) is 0. The maximum absolute atomic E-state index is 10.3. The Bertz CT molecular complexity index is 71.6. The second-order valence-corrected chi connectivity index (χ2v) is 2.91. The Hall–Kier alpha value is 0.168. The minimum atomic E-state index is -5.33. The molecule has 0 aliphatic heterocycles. The van der Waals surface area contributed by atoms with Gasteiger partial charge in [0.05, 0.1) is 0 Å². The normalized spacial score (nSPS) is 11.8. The molecular formula is H2AsFO4. The van der Waals surface area contributed by atoms with Gasteiger partial charge in [-0.1, -0.05) is 0 Å². The molecule has 0 saturated heterocycles. The van der Waals surface area contributed by atoms with Crippen LogP contribution in [0.15, 0.2) is 0 Å². The fraction of sp³-hybridized carbons (Fsp3) is 0. The van der Waals surface area contributed by atoms with Crippen molar-refractivity contribution in [1.82, 2.24) is 0 Å². The summed E-state index contributed by atoms with van der Waals surface area (Å²) in [6.45, 7) is 0. The molecule has 6 heavy (non-hydrogen) atoms. The van der Waals surface area contributed by atoms with Gasteiger partial charge < -0.3 is 0 Å². The third kappa shape index (κ3) is 4.17. The van der Waals surface area contributed by atoms with Gasteiger partial charge in [-0.2, -0.15) is 0 Å². The molecule has 0 heterocycles. The predicted octanol–water partition coefficient (Wildman–Crippen LogP) is -1.26. The molecular weight excluding hydrogens is 158 g/mol. The zero-order valence-electron chi connectivity index (χ0n) is 2.54. The van der Waals surface area contributed by atoms with Crippen LogP contribution in [0, 0.1) is 0 Å². The van der Waals surface area contributed by atoms with E-state index in [0.29, 0.717) is 0 Å². The number of hydrogen-bond acceptors (Lipinski definition) is 2. The van der Waals surface area contributed by atoms with Crippen LogP contribution in [0.25, 0.3) is 0 Å². The summed E-state index contributed by atoms with van der Waals surface area (Å²) in [5.41, 5.74) is 0. The first-order valence-electron chi connectivity index (χ1n) is 0.919. The molecule has 0 radical (unpaired) electrons. The van der Waals surface area contributed by atoms with E-state index in [9.17, 15) is 4.53 Å². The molecule has 4 nitrogen and oxygen atoms in total. The molecule has 0 bridgehead atoms. The summed E-state index contributed by atoms with van der Waals surface area (Å²) in [4.78, 5) is 0. The molecule has 0 aromatic heterocycles. The van der Waals surface area contributed by atoms with E-state index in [1.165, 1.54) is 0 Å². The van der Waals surface area contributed by atoms with Crippen molar-refractivity contribution in [3.8, 4) is 0 Å². The Morgan fingerprint density at radius 2 is 1.83 bits per heavy atom. The maximum atomic E-state index is 10.3. The first kappa shape index (κ1) is 6.17. The van der Waals surface area contributed by atoms with Crippen molar-refractivity contribution in [3.63, 3.8) is 0 Å². The molecule has 0 aliphatic carbocycles. The Morgan fingerprint density at radius 3 is 1.83 bits per heavy atom. The monoisotopic (exact) mass is 160 g/mol.